The number of aromatic nitrogens is 2. The molecule has 0 saturated heterocycles. The van der Waals surface area contributed by atoms with Gasteiger partial charge in [0.05, 0.1) is 21.7 Å². The first kappa shape index (κ1) is 24.0. The van der Waals surface area contributed by atoms with E-state index in [0.717, 1.165) is 36.6 Å². The molecule has 0 bridgehead atoms. The zero-order chi connectivity index (χ0) is 24.7. The number of carbonyl (C=O) groups excluding carboxylic acids is 1. The largest absolute Gasteiger partial charge is 0.325 e. The molecule has 1 amide bonds. The van der Waals surface area contributed by atoms with Crippen LogP contribution in [0, 0.1) is 0 Å². The molecule has 0 spiro atoms. The van der Waals surface area contributed by atoms with Crippen molar-refractivity contribution in [2.24, 2.45) is 5.14 Å². The summed E-state index contributed by atoms with van der Waals surface area (Å²) in [5.74, 6) is -0.336. The van der Waals surface area contributed by atoms with E-state index >= 15 is 0 Å². The number of rotatable bonds is 6. The number of nitrogens with two attached hydrogens (primary N) is 1. The molecule has 0 radical (unpaired) electrons. The van der Waals surface area contributed by atoms with Gasteiger partial charge in [0, 0.05) is 15.6 Å². The summed E-state index contributed by atoms with van der Waals surface area (Å²) in [6.07, 6.45) is 2.85. The number of halogens is 1. The number of hydrogen-bond acceptors (Lipinski definition) is 7. The molecule has 180 valence electrons. The molecule has 2 aromatic heterocycles. The first-order valence-corrected chi connectivity index (χ1v) is 14.3. The number of aryl methyl sites for hydroxylation is 2. The molecule has 3 N–H and O–H groups in total. The van der Waals surface area contributed by atoms with Gasteiger partial charge in [0.25, 0.3) is 5.56 Å². The third kappa shape index (κ3) is 4.87. The lowest BCUT2D eigenvalue weighted by atomic mass is 10.2. The summed E-state index contributed by atoms with van der Waals surface area (Å²) in [4.78, 5) is 32.9. The second-order valence-electron chi connectivity index (χ2n) is 7.96. The van der Waals surface area contributed by atoms with Gasteiger partial charge in [0.15, 0.2) is 5.16 Å². The van der Waals surface area contributed by atoms with Crippen LogP contribution in [0.3, 0.4) is 0 Å². The van der Waals surface area contributed by atoms with Crippen LogP contribution in [0.2, 0.25) is 5.02 Å². The van der Waals surface area contributed by atoms with Crippen molar-refractivity contribution in [3.05, 3.63) is 74.3 Å². The van der Waals surface area contributed by atoms with Gasteiger partial charge in [0.1, 0.15) is 4.83 Å². The fourth-order valence-corrected chi connectivity index (χ4v) is 6.75. The Kier molecular flexibility index (Phi) is 6.45. The molecule has 1 aliphatic carbocycles. The molecular formula is C23H19ClN4O4S3. The number of nitrogens with zero attached hydrogens (tertiary/aromatic N) is 2. The third-order valence-electron chi connectivity index (χ3n) is 5.59. The van der Waals surface area contributed by atoms with Crippen LogP contribution in [0.25, 0.3) is 15.9 Å². The van der Waals surface area contributed by atoms with E-state index in [1.54, 1.807) is 35.6 Å². The number of benzene rings is 2. The first-order chi connectivity index (χ1) is 16.7. The van der Waals surface area contributed by atoms with Crippen LogP contribution < -0.4 is 16.0 Å². The Hall–Kier alpha value is -2.70. The lowest BCUT2D eigenvalue weighted by molar-refractivity contribution is -0.113. The third-order valence-corrected chi connectivity index (χ3v) is 8.90. The number of nitrogens with one attached hydrogen (secondary N) is 1. The summed E-state index contributed by atoms with van der Waals surface area (Å²) in [6.45, 7) is 0. The van der Waals surface area contributed by atoms with E-state index in [9.17, 15) is 18.0 Å². The summed E-state index contributed by atoms with van der Waals surface area (Å²) in [5, 5.41) is 9.43. The molecule has 5 rings (SSSR count). The quantitative estimate of drug-likeness (QED) is 0.278. The van der Waals surface area contributed by atoms with E-state index in [4.69, 9.17) is 21.7 Å². The second kappa shape index (κ2) is 9.40. The summed E-state index contributed by atoms with van der Waals surface area (Å²) >= 11 is 8.74. The number of primary sulfonamides is 1. The zero-order valence-corrected chi connectivity index (χ0v) is 21.4. The van der Waals surface area contributed by atoms with Crippen molar-refractivity contribution in [3.8, 4) is 5.69 Å². The maximum absolute atomic E-state index is 13.6. The number of fused-ring (bicyclic) bond motifs is 3. The van der Waals surface area contributed by atoms with Crippen LogP contribution in [-0.2, 0) is 27.7 Å². The number of carbonyl (C=O) groups is 1. The molecule has 0 atom stereocenters. The van der Waals surface area contributed by atoms with Crippen LogP contribution in [-0.4, -0.2) is 29.6 Å². The van der Waals surface area contributed by atoms with E-state index in [1.807, 2.05) is 0 Å². The highest BCUT2D eigenvalue weighted by Gasteiger charge is 2.24. The van der Waals surface area contributed by atoms with Crippen LogP contribution in [0.15, 0.2) is 63.4 Å². The fourth-order valence-electron chi connectivity index (χ4n) is 3.99. The van der Waals surface area contributed by atoms with Gasteiger partial charge in [-0.2, -0.15) is 0 Å². The summed E-state index contributed by atoms with van der Waals surface area (Å²) in [7, 11) is -3.81. The van der Waals surface area contributed by atoms with Gasteiger partial charge in [-0.1, -0.05) is 23.4 Å². The summed E-state index contributed by atoms with van der Waals surface area (Å²) < 4.78 is 24.3. The second-order valence-corrected chi connectivity index (χ2v) is 12.0. The minimum atomic E-state index is -3.81. The SMILES string of the molecule is NS(=O)(=O)c1ccc(NC(=O)CSc2nc3sc4c(c3c(=O)n2-c2ccc(Cl)cc2)CCC4)cc1. The lowest BCUT2D eigenvalue weighted by Crippen LogP contribution is -2.23. The number of thiophene rings is 1. The van der Waals surface area contributed by atoms with Crippen molar-refractivity contribution in [1.82, 2.24) is 9.55 Å². The number of sulfonamides is 1. The molecule has 0 aliphatic heterocycles. The number of hydrogen-bond donors (Lipinski definition) is 2. The molecular weight excluding hydrogens is 528 g/mol. The van der Waals surface area contributed by atoms with Gasteiger partial charge in [-0.3, -0.25) is 14.2 Å². The molecule has 0 unspecified atom stereocenters. The topological polar surface area (TPSA) is 124 Å². The summed E-state index contributed by atoms with van der Waals surface area (Å²) in [5.41, 5.74) is 1.98. The molecule has 12 heteroatoms. The predicted octanol–water partition coefficient (Wildman–Crippen LogP) is 3.97. The maximum Gasteiger partial charge on any atom is 0.267 e. The molecule has 2 aromatic carbocycles. The minimum absolute atomic E-state index is 0.00638. The van der Waals surface area contributed by atoms with Crippen molar-refractivity contribution in [1.29, 1.82) is 0 Å². The highest BCUT2D eigenvalue weighted by Crippen LogP contribution is 2.36. The van der Waals surface area contributed by atoms with Gasteiger partial charge >= 0.3 is 0 Å². The van der Waals surface area contributed by atoms with Crippen molar-refractivity contribution >= 4 is 66.5 Å². The molecule has 0 fully saturated rings. The van der Waals surface area contributed by atoms with Gasteiger partial charge < -0.3 is 5.32 Å². The minimum Gasteiger partial charge on any atom is -0.325 e. The van der Waals surface area contributed by atoms with Gasteiger partial charge in [0.2, 0.25) is 15.9 Å². The van der Waals surface area contributed by atoms with E-state index in [0.29, 0.717) is 31.8 Å². The van der Waals surface area contributed by atoms with Crippen LogP contribution in [0.4, 0.5) is 5.69 Å². The summed E-state index contributed by atoms with van der Waals surface area (Å²) in [6, 6.07) is 12.5. The number of anilines is 1. The molecule has 1 aliphatic rings. The Morgan fingerprint density at radius 3 is 2.54 bits per heavy atom. The highest BCUT2D eigenvalue weighted by atomic mass is 35.5. The van der Waals surface area contributed by atoms with Gasteiger partial charge in [-0.15, -0.1) is 11.3 Å². The van der Waals surface area contributed by atoms with Crippen molar-refractivity contribution in [2.45, 2.75) is 29.3 Å². The molecule has 4 aromatic rings. The molecule has 35 heavy (non-hydrogen) atoms. The van der Waals surface area contributed by atoms with Crippen LogP contribution in [0.1, 0.15) is 16.9 Å². The normalized spacial score (nSPS) is 13.2. The standard InChI is InChI=1S/C23H19ClN4O4S3/c24-13-4-8-15(9-5-13)28-22(30)20-17-2-1-3-18(17)34-21(20)27-23(28)33-12-19(29)26-14-6-10-16(11-7-14)35(25,31)32/h4-11H,1-3,12H2,(H,26,29)(H2,25,31,32). The van der Waals surface area contributed by atoms with Gasteiger partial charge in [-0.05, 0) is 73.4 Å². The molecule has 0 saturated carbocycles. The Bertz CT molecular complexity index is 1610. The number of thioether (sulfide) groups is 1. The smallest absolute Gasteiger partial charge is 0.267 e. The molecule has 8 nitrogen and oxygen atoms in total. The van der Waals surface area contributed by atoms with E-state index in [1.165, 1.54) is 33.7 Å². The molecule has 2 heterocycles. The first-order valence-electron chi connectivity index (χ1n) is 10.6. The average molecular weight is 547 g/mol. The maximum atomic E-state index is 13.6. The highest BCUT2D eigenvalue weighted by molar-refractivity contribution is 7.99. The fraction of sp³-hybridized carbons (Fsp3) is 0.174. The van der Waals surface area contributed by atoms with Gasteiger partial charge in [-0.25, -0.2) is 18.5 Å². The van der Waals surface area contributed by atoms with E-state index < -0.39 is 10.0 Å². The predicted molar refractivity (Wildman–Crippen MR) is 139 cm³/mol. The Morgan fingerprint density at radius 1 is 1.14 bits per heavy atom. The van der Waals surface area contributed by atoms with E-state index in [2.05, 4.69) is 5.32 Å². The average Bonchev–Trinajstić information content (AvgIpc) is 3.39. The van der Waals surface area contributed by atoms with E-state index in [-0.39, 0.29) is 22.1 Å². The monoisotopic (exact) mass is 546 g/mol. The Labute approximate surface area is 214 Å². The Morgan fingerprint density at radius 2 is 1.86 bits per heavy atom. The van der Waals surface area contributed by atoms with Crippen LogP contribution >= 0.6 is 34.7 Å². The van der Waals surface area contributed by atoms with Crippen molar-refractivity contribution in [2.75, 3.05) is 11.1 Å². The van der Waals surface area contributed by atoms with Crippen molar-refractivity contribution < 1.29 is 13.2 Å². The zero-order valence-electron chi connectivity index (χ0n) is 18.2. The number of amides is 1. The lowest BCUT2D eigenvalue weighted by Gasteiger charge is -2.13. The Balaban J connectivity index is 1.44. The van der Waals surface area contributed by atoms with Crippen LogP contribution in [0.5, 0.6) is 0 Å². The van der Waals surface area contributed by atoms with Crippen molar-refractivity contribution in [3.63, 3.8) is 0 Å².